The summed E-state index contributed by atoms with van der Waals surface area (Å²) in [5.41, 5.74) is 1.23. The minimum atomic E-state index is -0.314. The molecule has 3 rings (SSSR count). The number of aromatic nitrogens is 2. The summed E-state index contributed by atoms with van der Waals surface area (Å²) in [6.45, 7) is 5.72. The lowest BCUT2D eigenvalue weighted by atomic mass is 10.2. The van der Waals surface area contributed by atoms with Crippen molar-refractivity contribution in [2.75, 3.05) is 40.5 Å². The predicted octanol–water partition coefficient (Wildman–Crippen LogP) is 2.69. The molecule has 1 unspecified atom stereocenters. The molecule has 140 valence electrons. The number of para-hydroxylation sites is 1. The van der Waals surface area contributed by atoms with E-state index in [-0.39, 0.29) is 18.7 Å². The lowest BCUT2D eigenvalue weighted by molar-refractivity contribution is 0.292. The summed E-state index contributed by atoms with van der Waals surface area (Å²) in [4.78, 5) is 11.0. The Morgan fingerprint density at radius 3 is 2.88 bits per heavy atom. The monoisotopic (exact) mass is 360 g/mol. The standard InChI is InChI=1S/C18H25FN6O/c1-12(2)11-25-16-15(10-21-17(24-16)20-8-5-9-26)23-18(25)22-14-7-4-3-6-13(14)19/h3-4,6-7,10,12,18,22-23,26H,5,8-9,11H2,1-2H3,(H,20,21,24). The third kappa shape index (κ3) is 4.13. The second-order valence-corrected chi connectivity index (χ2v) is 6.65. The number of nitrogens with one attached hydrogen (secondary N) is 3. The predicted molar refractivity (Wildman–Crippen MR) is 102 cm³/mol. The summed E-state index contributed by atoms with van der Waals surface area (Å²) in [7, 11) is 0. The molecule has 4 N–H and O–H groups in total. The number of rotatable bonds is 8. The molecule has 7 nitrogen and oxygen atoms in total. The zero-order valence-corrected chi connectivity index (χ0v) is 15.0. The van der Waals surface area contributed by atoms with Gasteiger partial charge in [0.25, 0.3) is 0 Å². The first kappa shape index (κ1) is 18.2. The van der Waals surface area contributed by atoms with E-state index < -0.39 is 0 Å². The third-order valence-electron chi connectivity index (χ3n) is 3.99. The van der Waals surface area contributed by atoms with Crippen molar-refractivity contribution in [2.45, 2.75) is 26.6 Å². The zero-order valence-electron chi connectivity index (χ0n) is 15.0. The van der Waals surface area contributed by atoms with Gasteiger partial charge >= 0.3 is 0 Å². The van der Waals surface area contributed by atoms with E-state index in [9.17, 15) is 4.39 Å². The summed E-state index contributed by atoms with van der Waals surface area (Å²) in [6.07, 6.45) is 2.04. The van der Waals surface area contributed by atoms with E-state index in [1.165, 1.54) is 6.07 Å². The first-order chi connectivity index (χ1) is 12.6. The Kier molecular flexibility index (Phi) is 5.72. The minimum absolute atomic E-state index is 0.119. The minimum Gasteiger partial charge on any atom is -0.396 e. The summed E-state index contributed by atoms with van der Waals surface area (Å²) in [6, 6.07) is 6.60. The molecule has 2 heterocycles. The lowest BCUT2D eigenvalue weighted by Gasteiger charge is -2.29. The smallest absolute Gasteiger partial charge is 0.224 e. The summed E-state index contributed by atoms with van der Waals surface area (Å²) in [5, 5.41) is 18.5. The van der Waals surface area contributed by atoms with Crippen LogP contribution in [0.4, 0.5) is 27.5 Å². The van der Waals surface area contributed by atoms with Gasteiger partial charge in [0.15, 0.2) is 12.1 Å². The van der Waals surface area contributed by atoms with Gasteiger partial charge in [0.1, 0.15) is 5.82 Å². The maximum absolute atomic E-state index is 14.0. The fraction of sp³-hybridized carbons (Fsp3) is 0.444. The van der Waals surface area contributed by atoms with Crippen LogP contribution in [0.1, 0.15) is 20.3 Å². The van der Waals surface area contributed by atoms with Gasteiger partial charge in [-0.3, -0.25) is 0 Å². The number of hydrogen-bond acceptors (Lipinski definition) is 7. The van der Waals surface area contributed by atoms with Crippen LogP contribution in [0.25, 0.3) is 0 Å². The van der Waals surface area contributed by atoms with Gasteiger partial charge in [0, 0.05) is 19.7 Å². The van der Waals surface area contributed by atoms with Gasteiger partial charge < -0.3 is 26.0 Å². The normalized spacial score (nSPS) is 15.7. The zero-order chi connectivity index (χ0) is 18.5. The van der Waals surface area contributed by atoms with E-state index in [1.54, 1.807) is 24.4 Å². The Hall–Kier alpha value is -2.61. The summed E-state index contributed by atoms with van der Waals surface area (Å²) >= 11 is 0. The van der Waals surface area contributed by atoms with Crippen LogP contribution in [0.2, 0.25) is 0 Å². The fourth-order valence-corrected chi connectivity index (χ4v) is 2.83. The molecule has 0 saturated heterocycles. The van der Waals surface area contributed by atoms with Crippen molar-refractivity contribution in [2.24, 2.45) is 5.92 Å². The largest absolute Gasteiger partial charge is 0.396 e. The van der Waals surface area contributed by atoms with Crippen molar-refractivity contribution in [1.82, 2.24) is 9.97 Å². The molecule has 0 bridgehead atoms. The van der Waals surface area contributed by atoms with E-state index >= 15 is 0 Å². The summed E-state index contributed by atoms with van der Waals surface area (Å²) in [5.74, 6) is 1.38. The van der Waals surface area contributed by atoms with Crippen molar-refractivity contribution in [3.8, 4) is 0 Å². The highest BCUT2D eigenvalue weighted by Gasteiger charge is 2.31. The maximum Gasteiger partial charge on any atom is 0.224 e. The van der Waals surface area contributed by atoms with Crippen molar-refractivity contribution >= 4 is 23.1 Å². The number of hydrogen-bond donors (Lipinski definition) is 4. The molecule has 8 heteroatoms. The molecule has 1 aromatic heterocycles. The Morgan fingerprint density at radius 1 is 1.35 bits per heavy atom. The SMILES string of the molecule is CC(C)CN1c2nc(NCCCO)ncc2NC1Nc1ccccc1F. The molecule has 0 saturated carbocycles. The van der Waals surface area contributed by atoms with Gasteiger partial charge in [-0.1, -0.05) is 26.0 Å². The molecule has 1 aromatic carbocycles. The topological polar surface area (TPSA) is 85.3 Å². The van der Waals surface area contributed by atoms with Crippen LogP contribution in [0.15, 0.2) is 30.5 Å². The average molecular weight is 360 g/mol. The number of anilines is 4. The Bertz CT molecular complexity index is 741. The van der Waals surface area contributed by atoms with Crippen LogP contribution in [-0.2, 0) is 0 Å². The number of halogens is 1. The maximum atomic E-state index is 14.0. The molecular weight excluding hydrogens is 335 g/mol. The quantitative estimate of drug-likeness (QED) is 0.539. The average Bonchev–Trinajstić information content (AvgIpc) is 2.94. The third-order valence-corrected chi connectivity index (χ3v) is 3.99. The first-order valence-electron chi connectivity index (χ1n) is 8.84. The van der Waals surface area contributed by atoms with Crippen LogP contribution in [0.5, 0.6) is 0 Å². The van der Waals surface area contributed by atoms with E-state index in [0.717, 1.165) is 18.1 Å². The molecule has 1 aliphatic heterocycles. The highest BCUT2D eigenvalue weighted by atomic mass is 19.1. The van der Waals surface area contributed by atoms with Gasteiger partial charge in [-0.05, 0) is 24.5 Å². The van der Waals surface area contributed by atoms with Gasteiger partial charge in [-0.2, -0.15) is 4.98 Å². The second-order valence-electron chi connectivity index (χ2n) is 6.65. The number of aliphatic hydroxyl groups excluding tert-OH is 1. The molecule has 1 atom stereocenters. The van der Waals surface area contributed by atoms with Crippen molar-refractivity contribution in [3.05, 3.63) is 36.3 Å². The van der Waals surface area contributed by atoms with E-state index in [2.05, 4.69) is 44.7 Å². The second kappa shape index (κ2) is 8.18. The fourth-order valence-electron chi connectivity index (χ4n) is 2.83. The molecule has 1 aliphatic rings. The van der Waals surface area contributed by atoms with Crippen LogP contribution < -0.4 is 20.9 Å². The number of benzene rings is 1. The molecule has 0 amide bonds. The van der Waals surface area contributed by atoms with Gasteiger partial charge in [0.05, 0.1) is 17.6 Å². The summed E-state index contributed by atoms with van der Waals surface area (Å²) < 4.78 is 14.0. The van der Waals surface area contributed by atoms with Crippen molar-refractivity contribution in [3.63, 3.8) is 0 Å². The molecular formula is C18H25FN6O. The van der Waals surface area contributed by atoms with Gasteiger partial charge in [-0.15, -0.1) is 0 Å². The van der Waals surface area contributed by atoms with Crippen molar-refractivity contribution in [1.29, 1.82) is 0 Å². The molecule has 0 radical (unpaired) electrons. The van der Waals surface area contributed by atoms with Gasteiger partial charge in [0.2, 0.25) is 5.95 Å². The Labute approximate surface area is 152 Å². The van der Waals surface area contributed by atoms with Crippen LogP contribution >= 0.6 is 0 Å². The highest BCUT2D eigenvalue weighted by Crippen LogP contribution is 2.34. The van der Waals surface area contributed by atoms with Crippen LogP contribution in [0.3, 0.4) is 0 Å². The number of nitrogens with zero attached hydrogens (tertiary/aromatic N) is 3. The number of fused-ring (bicyclic) bond motifs is 1. The molecule has 26 heavy (non-hydrogen) atoms. The van der Waals surface area contributed by atoms with Crippen molar-refractivity contribution < 1.29 is 9.50 Å². The first-order valence-corrected chi connectivity index (χ1v) is 8.84. The highest BCUT2D eigenvalue weighted by molar-refractivity contribution is 5.74. The Morgan fingerprint density at radius 2 is 2.15 bits per heavy atom. The van der Waals surface area contributed by atoms with E-state index in [0.29, 0.717) is 30.5 Å². The van der Waals surface area contributed by atoms with E-state index in [4.69, 9.17) is 5.11 Å². The Balaban J connectivity index is 1.81. The lowest BCUT2D eigenvalue weighted by Crippen LogP contribution is -2.44. The van der Waals surface area contributed by atoms with Crippen LogP contribution in [-0.4, -0.2) is 41.1 Å². The molecule has 0 spiro atoms. The molecule has 0 fully saturated rings. The number of aliphatic hydroxyl groups is 1. The van der Waals surface area contributed by atoms with Gasteiger partial charge in [-0.25, -0.2) is 9.37 Å². The molecule has 2 aromatic rings. The van der Waals surface area contributed by atoms with Crippen LogP contribution in [0, 0.1) is 11.7 Å². The molecule has 0 aliphatic carbocycles. The van der Waals surface area contributed by atoms with E-state index in [1.807, 2.05) is 0 Å².